The molecule has 64 valence electrons. The van der Waals surface area contributed by atoms with Gasteiger partial charge in [0.05, 0.1) is 11.2 Å². The number of H-pyrrole nitrogens is 1. The first-order valence-electron chi connectivity index (χ1n) is 4.09. The van der Waals surface area contributed by atoms with E-state index in [1.807, 2.05) is 12.3 Å². The highest BCUT2D eigenvalue weighted by molar-refractivity contribution is 7.17. The summed E-state index contributed by atoms with van der Waals surface area (Å²) in [5, 5.41) is 4.41. The standard InChI is InChI=1S/C10H8N2S/c11-9-7-2-4-13-8(7)5-6-1-3-12-10(6)9/h1-5,12H,11H2. The van der Waals surface area contributed by atoms with Gasteiger partial charge in [-0.1, -0.05) is 0 Å². The lowest BCUT2D eigenvalue weighted by Crippen LogP contribution is -1.86. The Morgan fingerprint density at radius 2 is 2.23 bits per heavy atom. The molecular formula is C10H8N2S. The Kier molecular flexibility index (Phi) is 1.21. The van der Waals surface area contributed by atoms with Crippen LogP contribution in [0.3, 0.4) is 0 Å². The molecule has 0 saturated carbocycles. The zero-order valence-corrected chi connectivity index (χ0v) is 7.69. The first-order chi connectivity index (χ1) is 6.36. The van der Waals surface area contributed by atoms with Gasteiger partial charge < -0.3 is 10.7 Å². The summed E-state index contributed by atoms with van der Waals surface area (Å²) in [7, 11) is 0. The number of benzene rings is 1. The smallest absolute Gasteiger partial charge is 0.0694 e. The van der Waals surface area contributed by atoms with Gasteiger partial charge in [0.1, 0.15) is 0 Å². The second kappa shape index (κ2) is 2.26. The van der Waals surface area contributed by atoms with Gasteiger partial charge in [-0.2, -0.15) is 0 Å². The zero-order valence-electron chi connectivity index (χ0n) is 6.87. The topological polar surface area (TPSA) is 41.8 Å². The Morgan fingerprint density at radius 3 is 3.15 bits per heavy atom. The summed E-state index contributed by atoms with van der Waals surface area (Å²) in [6.45, 7) is 0. The quantitative estimate of drug-likeness (QED) is 0.523. The Hall–Kier alpha value is -1.48. The summed E-state index contributed by atoms with van der Waals surface area (Å²) in [6.07, 6.45) is 1.92. The van der Waals surface area contributed by atoms with Crippen molar-refractivity contribution in [2.75, 3.05) is 5.73 Å². The van der Waals surface area contributed by atoms with Gasteiger partial charge in [0.15, 0.2) is 0 Å². The number of rotatable bonds is 0. The van der Waals surface area contributed by atoms with Crippen LogP contribution in [-0.4, -0.2) is 4.98 Å². The number of nitrogen functional groups attached to an aromatic ring is 1. The summed E-state index contributed by atoms with van der Waals surface area (Å²) in [4.78, 5) is 3.15. The third-order valence-electron chi connectivity index (χ3n) is 2.32. The molecule has 0 atom stereocenters. The maximum atomic E-state index is 6.02. The molecular weight excluding hydrogens is 180 g/mol. The third kappa shape index (κ3) is 0.820. The predicted octanol–water partition coefficient (Wildman–Crippen LogP) is 2.96. The molecule has 0 aliphatic carbocycles. The van der Waals surface area contributed by atoms with Crippen molar-refractivity contribution < 1.29 is 0 Å². The molecule has 0 unspecified atom stereocenters. The summed E-state index contributed by atoms with van der Waals surface area (Å²) in [5.41, 5.74) is 7.93. The van der Waals surface area contributed by atoms with E-state index in [0.717, 1.165) is 16.6 Å². The molecule has 0 radical (unpaired) electrons. The van der Waals surface area contributed by atoms with Crippen LogP contribution in [0.15, 0.2) is 29.8 Å². The SMILES string of the molecule is Nc1c2ccsc2cc2cc[nH]c12. The van der Waals surface area contributed by atoms with E-state index in [1.165, 1.54) is 10.1 Å². The Bertz CT molecular complexity index is 528. The number of thiophene rings is 1. The lowest BCUT2D eigenvalue weighted by atomic mass is 10.2. The van der Waals surface area contributed by atoms with Gasteiger partial charge in [0.2, 0.25) is 0 Å². The molecule has 1 aromatic carbocycles. The van der Waals surface area contributed by atoms with Crippen molar-refractivity contribution in [2.45, 2.75) is 0 Å². The molecule has 3 aromatic rings. The van der Waals surface area contributed by atoms with E-state index in [1.54, 1.807) is 11.3 Å². The van der Waals surface area contributed by atoms with Crippen LogP contribution in [0, 0.1) is 0 Å². The lowest BCUT2D eigenvalue weighted by Gasteiger charge is -1.98. The molecule has 2 nitrogen and oxygen atoms in total. The third-order valence-corrected chi connectivity index (χ3v) is 3.18. The van der Waals surface area contributed by atoms with Crippen LogP contribution >= 0.6 is 11.3 Å². The molecule has 0 aliphatic rings. The van der Waals surface area contributed by atoms with E-state index in [9.17, 15) is 0 Å². The van der Waals surface area contributed by atoms with E-state index in [4.69, 9.17) is 5.73 Å². The van der Waals surface area contributed by atoms with Gasteiger partial charge in [0.25, 0.3) is 0 Å². The van der Waals surface area contributed by atoms with Crippen molar-refractivity contribution in [1.82, 2.24) is 4.98 Å². The normalized spacial score (nSPS) is 11.4. The van der Waals surface area contributed by atoms with Crippen LogP contribution in [-0.2, 0) is 0 Å². The lowest BCUT2D eigenvalue weighted by molar-refractivity contribution is 1.48. The second-order valence-electron chi connectivity index (χ2n) is 3.06. The van der Waals surface area contributed by atoms with Crippen molar-refractivity contribution in [3.63, 3.8) is 0 Å². The second-order valence-corrected chi connectivity index (χ2v) is 4.01. The van der Waals surface area contributed by atoms with Crippen LogP contribution in [0.25, 0.3) is 21.0 Å². The molecule has 3 N–H and O–H groups in total. The minimum Gasteiger partial charge on any atom is -0.396 e. The van der Waals surface area contributed by atoms with Gasteiger partial charge in [-0.05, 0) is 23.6 Å². The van der Waals surface area contributed by atoms with Crippen LogP contribution < -0.4 is 5.73 Å². The molecule has 2 aromatic heterocycles. The maximum Gasteiger partial charge on any atom is 0.0694 e. The van der Waals surface area contributed by atoms with E-state index in [0.29, 0.717) is 0 Å². The number of nitrogens with two attached hydrogens (primary N) is 1. The zero-order chi connectivity index (χ0) is 8.84. The maximum absolute atomic E-state index is 6.02. The molecule has 0 fully saturated rings. The Labute approximate surface area is 79.0 Å². The molecule has 0 spiro atoms. The van der Waals surface area contributed by atoms with Crippen LogP contribution in [0.2, 0.25) is 0 Å². The van der Waals surface area contributed by atoms with Gasteiger partial charge in [-0.15, -0.1) is 11.3 Å². The Balaban J connectivity index is 2.67. The number of aromatic amines is 1. The molecule has 0 aliphatic heterocycles. The number of anilines is 1. The van der Waals surface area contributed by atoms with Crippen molar-refractivity contribution in [3.8, 4) is 0 Å². The number of hydrogen-bond acceptors (Lipinski definition) is 2. The summed E-state index contributed by atoms with van der Waals surface area (Å²) in [6, 6.07) is 6.28. The molecule has 2 heterocycles. The van der Waals surface area contributed by atoms with Gasteiger partial charge in [-0.25, -0.2) is 0 Å². The van der Waals surface area contributed by atoms with Gasteiger partial charge in [0, 0.05) is 21.7 Å². The molecule has 13 heavy (non-hydrogen) atoms. The summed E-state index contributed by atoms with van der Waals surface area (Å²) in [5.74, 6) is 0. The fourth-order valence-electron chi connectivity index (χ4n) is 1.67. The molecule has 0 amide bonds. The predicted molar refractivity (Wildman–Crippen MR) is 58.1 cm³/mol. The van der Waals surface area contributed by atoms with E-state index in [2.05, 4.69) is 22.5 Å². The highest BCUT2D eigenvalue weighted by Gasteiger charge is 2.05. The van der Waals surface area contributed by atoms with Crippen LogP contribution in [0.4, 0.5) is 5.69 Å². The summed E-state index contributed by atoms with van der Waals surface area (Å²) < 4.78 is 1.25. The number of hydrogen-bond donors (Lipinski definition) is 2. The van der Waals surface area contributed by atoms with Crippen molar-refractivity contribution >= 4 is 38.0 Å². The minimum atomic E-state index is 0.860. The summed E-state index contributed by atoms with van der Waals surface area (Å²) >= 11 is 1.73. The first-order valence-corrected chi connectivity index (χ1v) is 4.97. The average molecular weight is 188 g/mol. The largest absolute Gasteiger partial charge is 0.396 e. The van der Waals surface area contributed by atoms with Crippen molar-refractivity contribution in [1.29, 1.82) is 0 Å². The average Bonchev–Trinajstić information content (AvgIpc) is 2.71. The highest BCUT2D eigenvalue weighted by Crippen LogP contribution is 2.32. The molecule has 3 rings (SSSR count). The molecule has 3 heteroatoms. The Morgan fingerprint density at radius 1 is 1.31 bits per heavy atom. The monoisotopic (exact) mass is 188 g/mol. The number of aromatic nitrogens is 1. The van der Waals surface area contributed by atoms with E-state index in [-0.39, 0.29) is 0 Å². The highest BCUT2D eigenvalue weighted by atomic mass is 32.1. The van der Waals surface area contributed by atoms with Gasteiger partial charge >= 0.3 is 0 Å². The molecule has 0 bridgehead atoms. The fourth-order valence-corrected chi connectivity index (χ4v) is 2.52. The van der Waals surface area contributed by atoms with E-state index >= 15 is 0 Å². The van der Waals surface area contributed by atoms with Crippen molar-refractivity contribution in [3.05, 3.63) is 29.8 Å². The van der Waals surface area contributed by atoms with E-state index < -0.39 is 0 Å². The van der Waals surface area contributed by atoms with Gasteiger partial charge in [-0.3, -0.25) is 0 Å². The fraction of sp³-hybridized carbons (Fsp3) is 0. The number of fused-ring (bicyclic) bond motifs is 2. The van der Waals surface area contributed by atoms with Crippen molar-refractivity contribution in [2.24, 2.45) is 0 Å². The van der Waals surface area contributed by atoms with Crippen LogP contribution in [0.5, 0.6) is 0 Å². The minimum absolute atomic E-state index is 0.860. The number of nitrogens with one attached hydrogen (secondary N) is 1. The first kappa shape index (κ1) is 6.97. The van der Waals surface area contributed by atoms with Crippen LogP contribution in [0.1, 0.15) is 0 Å². The molecule has 0 saturated heterocycles.